The van der Waals surface area contributed by atoms with Crippen molar-refractivity contribution in [3.8, 4) is 0 Å². The van der Waals surface area contributed by atoms with Crippen molar-refractivity contribution < 1.29 is 0 Å². The van der Waals surface area contributed by atoms with Crippen LogP contribution in [-0.4, -0.2) is 14.8 Å². The normalized spacial score (nSPS) is 22.2. The van der Waals surface area contributed by atoms with E-state index in [9.17, 15) is 0 Å². The maximum absolute atomic E-state index is 5.50. The summed E-state index contributed by atoms with van der Waals surface area (Å²) in [4.78, 5) is 4.15. The molecule has 1 unspecified atom stereocenters. The van der Waals surface area contributed by atoms with Crippen LogP contribution in [-0.2, 0) is 13.0 Å². The number of nitrogen functional groups attached to an aromatic ring is 1. The van der Waals surface area contributed by atoms with Crippen LogP contribution < -0.4 is 5.73 Å². The minimum atomic E-state index is 0.418. The van der Waals surface area contributed by atoms with Crippen LogP contribution in [0.25, 0.3) is 0 Å². The third-order valence-corrected chi connectivity index (χ3v) is 2.55. The summed E-state index contributed by atoms with van der Waals surface area (Å²) < 4.78 is 1.95. The van der Waals surface area contributed by atoms with E-state index in [4.69, 9.17) is 5.73 Å². The van der Waals surface area contributed by atoms with Gasteiger partial charge in [0.15, 0.2) is 0 Å². The summed E-state index contributed by atoms with van der Waals surface area (Å²) in [6.45, 7) is 3.21. The molecule has 0 fully saturated rings. The molecule has 0 aliphatic carbocycles. The van der Waals surface area contributed by atoms with Crippen LogP contribution in [0.2, 0.25) is 0 Å². The number of nitrogens with zero attached hydrogens (tertiary/aromatic N) is 3. The van der Waals surface area contributed by atoms with Gasteiger partial charge in [-0.2, -0.15) is 4.98 Å². The molecule has 12 heavy (non-hydrogen) atoms. The maximum Gasteiger partial charge on any atom is 0.239 e. The number of nitrogens with two attached hydrogens (primary N) is 1. The van der Waals surface area contributed by atoms with Gasteiger partial charge in [-0.15, -0.1) is 5.10 Å². The summed E-state index contributed by atoms with van der Waals surface area (Å²) in [6, 6.07) is 0. The van der Waals surface area contributed by atoms with Crippen molar-refractivity contribution in [2.45, 2.75) is 32.7 Å². The predicted octanol–water partition coefficient (Wildman–Crippen LogP) is 0.833. The number of hydrogen-bond donors (Lipinski definition) is 1. The van der Waals surface area contributed by atoms with E-state index in [1.807, 2.05) is 4.68 Å². The zero-order valence-electron chi connectivity index (χ0n) is 7.32. The number of aryl methyl sites for hydroxylation is 1. The second-order valence-electron chi connectivity index (χ2n) is 3.38. The molecule has 4 heteroatoms. The lowest BCUT2D eigenvalue weighted by Crippen LogP contribution is -2.20. The maximum atomic E-state index is 5.50. The van der Waals surface area contributed by atoms with E-state index in [-0.39, 0.29) is 0 Å². The van der Waals surface area contributed by atoms with Gasteiger partial charge in [0.05, 0.1) is 0 Å². The molecule has 2 N–H and O–H groups in total. The highest BCUT2D eigenvalue weighted by molar-refractivity contribution is 5.14. The van der Waals surface area contributed by atoms with Crippen molar-refractivity contribution in [2.75, 3.05) is 5.73 Å². The SMILES string of the molecule is CCC1CCc2nc(N)nn2C1. The molecule has 0 amide bonds. The third-order valence-electron chi connectivity index (χ3n) is 2.55. The first-order valence-corrected chi connectivity index (χ1v) is 4.48. The van der Waals surface area contributed by atoms with Crippen molar-refractivity contribution in [2.24, 2.45) is 5.92 Å². The van der Waals surface area contributed by atoms with Crippen molar-refractivity contribution in [1.29, 1.82) is 0 Å². The summed E-state index contributed by atoms with van der Waals surface area (Å²) >= 11 is 0. The summed E-state index contributed by atoms with van der Waals surface area (Å²) in [5, 5.41) is 4.13. The molecule has 2 heterocycles. The van der Waals surface area contributed by atoms with E-state index in [0.717, 1.165) is 24.7 Å². The number of aromatic nitrogens is 3. The highest BCUT2D eigenvalue weighted by Crippen LogP contribution is 2.20. The zero-order chi connectivity index (χ0) is 8.55. The van der Waals surface area contributed by atoms with Crippen molar-refractivity contribution >= 4 is 5.95 Å². The highest BCUT2D eigenvalue weighted by atomic mass is 15.4. The Labute approximate surface area is 71.8 Å². The minimum Gasteiger partial charge on any atom is -0.366 e. The highest BCUT2D eigenvalue weighted by Gasteiger charge is 2.19. The first-order valence-electron chi connectivity index (χ1n) is 4.48. The fraction of sp³-hybridized carbons (Fsp3) is 0.750. The van der Waals surface area contributed by atoms with Gasteiger partial charge >= 0.3 is 0 Å². The first-order chi connectivity index (χ1) is 5.79. The molecular weight excluding hydrogens is 152 g/mol. The second-order valence-corrected chi connectivity index (χ2v) is 3.38. The number of rotatable bonds is 1. The first kappa shape index (κ1) is 7.58. The smallest absolute Gasteiger partial charge is 0.239 e. The summed E-state index contributed by atoms with van der Waals surface area (Å²) in [7, 11) is 0. The van der Waals surface area contributed by atoms with Crippen LogP contribution in [0.1, 0.15) is 25.6 Å². The lowest BCUT2D eigenvalue weighted by molar-refractivity contribution is 0.334. The van der Waals surface area contributed by atoms with Gasteiger partial charge < -0.3 is 5.73 Å². The molecule has 0 radical (unpaired) electrons. The van der Waals surface area contributed by atoms with E-state index in [0.29, 0.717) is 5.95 Å². The van der Waals surface area contributed by atoms with Crippen LogP contribution in [0.5, 0.6) is 0 Å². The number of hydrogen-bond acceptors (Lipinski definition) is 3. The average molecular weight is 166 g/mol. The van der Waals surface area contributed by atoms with Gasteiger partial charge in [-0.05, 0) is 12.3 Å². The van der Waals surface area contributed by atoms with Gasteiger partial charge in [0.1, 0.15) is 5.82 Å². The summed E-state index contributed by atoms with van der Waals surface area (Å²) in [5.74, 6) is 2.23. The average Bonchev–Trinajstić information content (AvgIpc) is 2.43. The second kappa shape index (κ2) is 2.77. The van der Waals surface area contributed by atoms with Gasteiger partial charge in [-0.3, -0.25) is 0 Å². The van der Waals surface area contributed by atoms with Crippen LogP contribution in [0.3, 0.4) is 0 Å². The van der Waals surface area contributed by atoms with E-state index >= 15 is 0 Å². The van der Waals surface area contributed by atoms with E-state index in [2.05, 4.69) is 17.0 Å². The van der Waals surface area contributed by atoms with E-state index in [1.54, 1.807) is 0 Å². The third kappa shape index (κ3) is 1.17. The van der Waals surface area contributed by atoms with Gasteiger partial charge in [-0.25, -0.2) is 4.68 Å². The molecule has 1 atom stereocenters. The fourth-order valence-electron chi connectivity index (χ4n) is 1.73. The Balaban J connectivity index is 2.22. The van der Waals surface area contributed by atoms with Gasteiger partial charge in [0.2, 0.25) is 5.95 Å². The molecule has 0 saturated heterocycles. The summed E-state index contributed by atoms with van der Waals surface area (Å²) in [6.07, 6.45) is 3.48. The Morgan fingerprint density at radius 3 is 3.25 bits per heavy atom. The lowest BCUT2D eigenvalue weighted by Gasteiger charge is -2.20. The molecule has 1 aromatic rings. The van der Waals surface area contributed by atoms with Gasteiger partial charge in [0.25, 0.3) is 0 Å². The standard InChI is InChI=1S/C8H14N4/c1-2-6-3-4-7-10-8(9)11-12(7)5-6/h6H,2-5H2,1H3,(H2,9,11). The van der Waals surface area contributed by atoms with Gasteiger partial charge in [-0.1, -0.05) is 13.3 Å². The largest absolute Gasteiger partial charge is 0.366 e. The minimum absolute atomic E-state index is 0.418. The Kier molecular flexibility index (Phi) is 1.75. The Bertz CT molecular complexity index is 279. The molecule has 0 bridgehead atoms. The molecule has 1 aliphatic heterocycles. The van der Waals surface area contributed by atoms with Crippen LogP contribution in [0.15, 0.2) is 0 Å². The van der Waals surface area contributed by atoms with E-state index in [1.165, 1.54) is 12.8 Å². The molecular formula is C8H14N4. The molecule has 0 spiro atoms. The summed E-state index contributed by atoms with van der Waals surface area (Å²) in [5.41, 5.74) is 5.50. The van der Waals surface area contributed by atoms with Crippen molar-refractivity contribution in [3.63, 3.8) is 0 Å². The quantitative estimate of drug-likeness (QED) is 0.672. The molecule has 2 rings (SSSR count). The molecule has 4 nitrogen and oxygen atoms in total. The monoisotopic (exact) mass is 166 g/mol. The van der Waals surface area contributed by atoms with Crippen LogP contribution in [0.4, 0.5) is 5.95 Å². The molecule has 1 aromatic heterocycles. The lowest BCUT2D eigenvalue weighted by atomic mass is 9.97. The van der Waals surface area contributed by atoms with Crippen LogP contribution >= 0.6 is 0 Å². The zero-order valence-corrected chi connectivity index (χ0v) is 7.32. The Hall–Kier alpha value is -1.06. The molecule has 66 valence electrons. The predicted molar refractivity (Wildman–Crippen MR) is 46.5 cm³/mol. The Morgan fingerprint density at radius 2 is 2.50 bits per heavy atom. The van der Waals surface area contributed by atoms with Crippen molar-refractivity contribution in [1.82, 2.24) is 14.8 Å². The number of fused-ring (bicyclic) bond motifs is 1. The topological polar surface area (TPSA) is 56.7 Å². The molecule has 1 aliphatic rings. The molecule has 0 aromatic carbocycles. The molecule has 0 saturated carbocycles. The number of anilines is 1. The van der Waals surface area contributed by atoms with Crippen LogP contribution in [0, 0.1) is 5.92 Å². The van der Waals surface area contributed by atoms with Gasteiger partial charge in [0, 0.05) is 13.0 Å². The Morgan fingerprint density at radius 1 is 1.67 bits per heavy atom. The fourth-order valence-corrected chi connectivity index (χ4v) is 1.73. The van der Waals surface area contributed by atoms with E-state index < -0.39 is 0 Å². The van der Waals surface area contributed by atoms with Crippen molar-refractivity contribution in [3.05, 3.63) is 5.82 Å².